The highest BCUT2D eigenvalue weighted by atomic mass is 16.5. The number of quaternary nitrogens is 1. The third-order valence-electron chi connectivity index (χ3n) is 3.18. The minimum absolute atomic E-state index is 0.0539. The molecule has 2 saturated heterocycles. The number of nitrogens with zero attached hydrogens (tertiary/aromatic N) is 1. The first-order valence-electron chi connectivity index (χ1n) is 5.61. The van der Waals surface area contributed by atoms with Gasteiger partial charge < -0.3 is 9.64 Å². The van der Waals surface area contributed by atoms with Gasteiger partial charge in [0.15, 0.2) is 6.04 Å². The maximum absolute atomic E-state index is 12.0. The Hall–Kier alpha value is -1.20. The Labute approximate surface area is 94.6 Å². The molecular weight excluding hydrogens is 208 g/mol. The SMILES string of the molecule is C=CCN1C(=O)C[C@H]([NH+]2CCOCC2)C1=O. The predicted molar refractivity (Wildman–Crippen MR) is 56.8 cm³/mol. The Balaban J connectivity index is 2.04. The number of hydrogen-bond donors (Lipinski definition) is 1. The fourth-order valence-electron chi connectivity index (χ4n) is 2.31. The molecule has 0 radical (unpaired) electrons. The van der Waals surface area contributed by atoms with E-state index < -0.39 is 0 Å². The Morgan fingerprint density at radius 1 is 1.44 bits per heavy atom. The summed E-state index contributed by atoms with van der Waals surface area (Å²) in [4.78, 5) is 26.1. The fraction of sp³-hybridized carbons (Fsp3) is 0.636. The van der Waals surface area contributed by atoms with Crippen molar-refractivity contribution in [1.29, 1.82) is 0 Å². The third kappa shape index (κ3) is 2.01. The summed E-state index contributed by atoms with van der Waals surface area (Å²) in [5.74, 6) is -0.129. The first-order chi connectivity index (χ1) is 7.74. The van der Waals surface area contributed by atoms with E-state index in [0.29, 0.717) is 26.2 Å². The summed E-state index contributed by atoms with van der Waals surface area (Å²) in [5.41, 5.74) is 0. The molecule has 0 spiro atoms. The quantitative estimate of drug-likeness (QED) is 0.456. The van der Waals surface area contributed by atoms with Crippen molar-refractivity contribution < 1.29 is 19.2 Å². The second kappa shape index (κ2) is 4.76. The molecule has 0 unspecified atom stereocenters. The maximum atomic E-state index is 12.0. The average Bonchev–Trinajstić information content (AvgIpc) is 2.59. The van der Waals surface area contributed by atoms with Gasteiger partial charge in [0.05, 0.1) is 19.6 Å². The van der Waals surface area contributed by atoms with Crippen molar-refractivity contribution in [2.75, 3.05) is 32.8 Å². The van der Waals surface area contributed by atoms with E-state index in [1.165, 1.54) is 9.80 Å². The lowest BCUT2D eigenvalue weighted by atomic mass is 10.2. The van der Waals surface area contributed by atoms with E-state index in [-0.39, 0.29) is 17.9 Å². The van der Waals surface area contributed by atoms with Crippen molar-refractivity contribution in [3.8, 4) is 0 Å². The van der Waals surface area contributed by atoms with Crippen LogP contribution in [-0.2, 0) is 14.3 Å². The van der Waals surface area contributed by atoms with Crippen molar-refractivity contribution >= 4 is 11.8 Å². The van der Waals surface area contributed by atoms with E-state index in [2.05, 4.69) is 6.58 Å². The van der Waals surface area contributed by atoms with Gasteiger partial charge in [-0.1, -0.05) is 6.08 Å². The van der Waals surface area contributed by atoms with Gasteiger partial charge in [-0.25, -0.2) is 0 Å². The highest BCUT2D eigenvalue weighted by Crippen LogP contribution is 2.10. The molecule has 2 rings (SSSR count). The second-order valence-electron chi connectivity index (χ2n) is 4.16. The molecule has 2 amide bonds. The lowest BCUT2D eigenvalue weighted by Gasteiger charge is -2.27. The number of carbonyl (C=O) groups is 2. The number of carbonyl (C=O) groups excluding carboxylic acids is 2. The molecule has 0 aromatic heterocycles. The molecule has 88 valence electrons. The monoisotopic (exact) mass is 225 g/mol. The van der Waals surface area contributed by atoms with Crippen LogP contribution in [0.4, 0.5) is 0 Å². The molecule has 1 atom stereocenters. The molecule has 2 fully saturated rings. The Morgan fingerprint density at radius 3 is 2.75 bits per heavy atom. The Morgan fingerprint density at radius 2 is 2.12 bits per heavy atom. The highest BCUT2D eigenvalue weighted by molar-refractivity contribution is 6.04. The number of morpholine rings is 1. The van der Waals surface area contributed by atoms with Crippen LogP contribution < -0.4 is 4.90 Å². The summed E-state index contributed by atoms with van der Waals surface area (Å²) in [7, 11) is 0. The van der Waals surface area contributed by atoms with Crippen LogP contribution in [0.5, 0.6) is 0 Å². The van der Waals surface area contributed by atoms with Crippen LogP contribution >= 0.6 is 0 Å². The number of ether oxygens (including phenoxy) is 1. The summed E-state index contributed by atoms with van der Waals surface area (Å²) >= 11 is 0. The summed E-state index contributed by atoms with van der Waals surface area (Å²) in [6, 6.07) is -0.198. The van der Waals surface area contributed by atoms with Crippen molar-refractivity contribution in [1.82, 2.24) is 4.90 Å². The van der Waals surface area contributed by atoms with Crippen LogP contribution in [0.1, 0.15) is 6.42 Å². The Kier molecular flexibility index (Phi) is 3.36. The zero-order valence-corrected chi connectivity index (χ0v) is 9.28. The number of nitrogens with one attached hydrogen (secondary N) is 1. The molecule has 5 heteroatoms. The number of amides is 2. The van der Waals surface area contributed by atoms with Gasteiger partial charge in [0, 0.05) is 6.54 Å². The molecule has 0 aliphatic carbocycles. The summed E-state index contributed by atoms with van der Waals surface area (Å²) < 4.78 is 5.25. The second-order valence-corrected chi connectivity index (χ2v) is 4.16. The number of hydrogen-bond acceptors (Lipinski definition) is 3. The minimum Gasteiger partial charge on any atom is -0.370 e. The molecule has 2 aliphatic rings. The number of likely N-dealkylation sites (tertiary alicyclic amines) is 1. The molecule has 0 bridgehead atoms. The lowest BCUT2D eigenvalue weighted by Crippen LogP contribution is -3.18. The number of rotatable bonds is 3. The van der Waals surface area contributed by atoms with E-state index >= 15 is 0 Å². The highest BCUT2D eigenvalue weighted by Gasteiger charge is 2.44. The first-order valence-corrected chi connectivity index (χ1v) is 5.61. The van der Waals surface area contributed by atoms with Crippen LogP contribution in [0.2, 0.25) is 0 Å². The largest absolute Gasteiger partial charge is 0.370 e. The van der Waals surface area contributed by atoms with Crippen LogP contribution in [-0.4, -0.2) is 55.6 Å². The summed E-state index contributed by atoms with van der Waals surface area (Å²) in [6.07, 6.45) is 1.93. The minimum atomic E-state index is -0.198. The average molecular weight is 225 g/mol. The van der Waals surface area contributed by atoms with E-state index in [0.717, 1.165) is 13.1 Å². The van der Waals surface area contributed by atoms with Crippen LogP contribution in [0.25, 0.3) is 0 Å². The standard InChI is InChI=1S/C11H16N2O3/c1-2-3-13-10(14)8-9(11(13)15)12-4-6-16-7-5-12/h2,9H,1,3-8H2/p+1/t9-/m0/s1. The van der Waals surface area contributed by atoms with Gasteiger partial charge in [0.1, 0.15) is 13.1 Å². The molecule has 5 nitrogen and oxygen atoms in total. The van der Waals surface area contributed by atoms with Gasteiger partial charge in [0.25, 0.3) is 5.91 Å². The fourth-order valence-corrected chi connectivity index (χ4v) is 2.31. The van der Waals surface area contributed by atoms with Crippen molar-refractivity contribution in [3.63, 3.8) is 0 Å². The van der Waals surface area contributed by atoms with Gasteiger partial charge in [-0.3, -0.25) is 14.5 Å². The van der Waals surface area contributed by atoms with Crippen LogP contribution in [0, 0.1) is 0 Å². The van der Waals surface area contributed by atoms with Crippen LogP contribution in [0.15, 0.2) is 12.7 Å². The van der Waals surface area contributed by atoms with E-state index in [4.69, 9.17) is 4.74 Å². The van der Waals surface area contributed by atoms with E-state index in [9.17, 15) is 9.59 Å². The zero-order valence-electron chi connectivity index (χ0n) is 9.28. The smallest absolute Gasteiger partial charge is 0.288 e. The first kappa shape index (κ1) is 11.3. The molecule has 0 aromatic rings. The van der Waals surface area contributed by atoms with Crippen LogP contribution in [0.3, 0.4) is 0 Å². The van der Waals surface area contributed by atoms with Gasteiger partial charge in [-0.2, -0.15) is 0 Å². The van der Waals surface area contributed by atoms with Crippen molar-refractivity contribution in [2.24, 2.45) is 0 Å². The maximum Gasteiger partial charge on any atom is 0.288 e. The van der Waals surface area contributed by atoms with Gasteiger partial charge in [-0.05, 0) is 0 Å². The summed E-state index contributed by atoms with van der Waals surface area (Å²) in [6.45, 7) is 6.86. The van der Waals surface area contributed by atoms with Gasteiger partial charge in [0.2, 0.25) is 5.91 Å². The molecule has 2 heterocycles. The van der Waals surface area contributed by atoms with Crippen molar-refractivity contribution in [3.05, 3.63) is 12.7 Å². The van der Waals surface area contributed by atoms with Gasteiger partial charge in [-0.15, -0.1) is 6.58 Å². The topological polar surface area (TPSA) is 51.1 Å². The molecule has 1 N–H and O–H groups in total. The molecule has 16 heavy (non-hydrogen) atoms. The molecular formula is C11H17N2O3+. The predicted octanol–water partition coefficient (Wildman–Crippen LogP) is -1.78. The van der Waals surface area contributed by atoms with Gasteiger partial charge >= 0.3 is 0 Å². The lowest BCUT2D eigenvalue weighted by molar-refractivity contribution is -0.922. The number of imide groups is 1. The van der Waals surface area contributed by atoms with Crippen molar-refractivity contribution in [2.45, 2.75) is 12.5 Å². The van der Waals surface area contributed by atoms with E-state index in [1.54, 1.807) is 6.08 Å². The Bertz CT molecular complexity index is 310. The molecule has 0 aromatic carbocycles. The normalized spacial score (nSPS) is 27.5. The van der Waals surface area contributed by atoms with E-state index in [1.807, 2.05) is 0 Å². The molecule has 0 saturated carbocycles. The zero-order chi connectivity index (χ0) is 11.5. The molecule has 2 aliphatic heterocycles. The third-order valence-corrected chi connectivity index (χ3v) is 3.18. The summed E-state index contributed by atoms with van der Waals surface area (Å²) in [5, 5.41) is 0.